The van der Waals surface area contributed by atoms with Gasteiger partial charge in [0, 0.05) is 6.20 Å². The number of halogens is 1. The summed E-state index contributed by atoms with van der Waals surface area (Å²) in [7, 11) is 0. The molecule has 0 aliphatic rings. The van der Waals surface area contributed by atoms with Crippen molar-refractivity contribution in [2.75, 3.05) is 0 Å². The predicted octanol–water partition coefficient (Wildman–Crippen LogP) is 3.65. The Morgan fingerprint density at radius 1 is 1.35 bits per heavy atom. The molecule has 0 spiro atoms. The van der Waals surface area contributed by atoms with E-state index in [2.05, 4.69) is 4.98 Å². The lowest BCUT2D eigenvalue weighted by molar-refractivity contribution is 0.112. The third kappa shape index (κ3) is 2.63. The first-order valence-electron chi connectivity index (χ1n) is 5.05. The van der Waals surface area contributed by atoms with Crippen LogP contribution in [0.2, 0.25) is 5.02 Å². The topological polar surface area (TPSA) is 39.2 Å². The van der Waals surface area contributed by atoms with Crippen LogP contribution >= 0.6 is 11.6 Å². The molecular formula is C13H10ClNO2. The monoisotopic (exact) mass is 247 g/mol. The summed E-state index contributed by atoms with van der Waals surface area (Å²) in [6.07, 6.45) is 2.26. The van der Waals surface area contributed by atoms with Crippen LogP contribution in [0.3, 0.4) is 0 Å². The van der Waals surface area contributed by atoms with E-state index in [1.165, 1.54) is 0 Å². The van der Waals surface area contributed by atoms with Crippen molar-refractivity contribution < 1.29 is 9.53 Å². The van der Waals surface area contributed by atoms with Gasteiger partial charge in [-0.2, -0.15) is 0 Å². The van der Waals surface area contributed by atoms with E-state index < -0.39 is 0 Å². The zero-order valence-corrected chi connectivity index (χ0v) is 9.94. The Bertz CT molecular complexity index is 555. The molecular weight excluding hydrogens is 238 g/mol. The molecule has 0 aliphatic heterocycles. The van der Waals surface area contributed by atoms with Crippen LogP contribution in [0.1, 0.15) is 15.9 Å². The molecule has 0 fully saturated rings. The molecule has 1 aromatic heterocycles. The molecule has 0 saturated carbocycles. The van der Waals surface area contributed by atoms with E-state index in [0.717, 1.165) is 5.56 Å². The van der Waals surface area contributed by atoms with Gasteiger partial charge in [-0.05, 0) is 36.8 Å². The lowest BCUT2D eigenvalue weighted by Crippen LogP contribution is -1.93. The minimum atomic E-state index is 0.258. The Morgan fingerprint density at radius 3 is 2.88 bits per heavy atom. The first-order chi connectivity index (χ1) is 8.20. The van der Waals surface area contributed by atoms with Crippen molar-refractivity contribution in [3.8, 4) is 11.6 Å². The van der Waals surface area contributed by atoms with Crippen LogP contribution in [0, 0.1) is 6.92 Å². The Morgan fingerprint density at radius 2 is 2.18 bits per heavy atom. The van der Waals surface area contributed by atoms with Crippen LogP contribution in [0.4, 0.5) is 0 Å². The van der Waals surface area contributed by atoms with Gasteiger partial charge in [0.05, 0.1) is 10.6 Å². The second-order valence-corrected chi connectivity index (χ2v) is 3.96. The highest BCUT2D eigenvalue weighted by molar-refractivity contribution is 6.32. The molecule has 2 rings (SSSR count). The van der Waals surface area contributed by atoms with Gasteiger partial charge in [0.25, 0.3) is 0 Å². The van der Waals surface area contributed by atoms with Crippen LogP contribution in [0.5, 0.6) is 11.6 Å². The van der Waals surface area contributed by atoms with E-state index in [0.29, 0.717) is 22.6 Å². The summed E-state index contributed by atoms with van der Waals surface area (Å²) in [6.45, 7) is 1.94. The Labute approximate surface area is 104 Å². The lowest BCUT2D eigenvalue weighted by atomic mass is 10.2. The van der Waals surface area contributed by atoms with Gasteiger partial charge < -0.3 is 4.74 Å². The van der Waals surface area contributed by atoms with Gasteiger partial charge in [0.2, 0.25) is 5.88 Å². The molecule has 0 saturated heterocycles. The third-order valence-electron chi connectivity index (χ3n) is 2.22. The van der Waals surface area contributed by atoms with Crippen LogP contribution < -0.4 is 4.74 Å². The van der Waals surface area contributed by atoms with E-state index >= 15 is 0 Å². The average Bonchev–Trinajstić information content (AvgIpc) is 2.33. The molecule has 86 valence electrons. The normalized spacial score (nSPS) is 10.0. The van der Waals surface area contributed by atoms with Gasteiger partial charge in [0.15, 0.2) is 6.29 Å². The minimum Gasteiger partial charge on any atom is -0.437 e. The number of carbonyl (C=O) groups excluding carboxylic acids is 1. The lowest BCUT2D eigenvalue weighted by Gasteiger charge is -2.08. The molecule has 1 aromatic carbocycles. The molecule has 1 heterocycles. The number of carbonyl (C=O) groups is 1. The summed E-state index contributed by atoms with van der Waals surface area (Å²) in [5, 5.41) is 0.493. The minimum absolute atomic E-state index is 0.258. The van der Waals surface area contributed by atoms with E-state index in [1.54, 1.807) is 30.5 Å². The highest BCUT2D eigenvalue weighted by Crippen LogP contribution is 2.30. The van der Waals surface area contributed by atoms with Gasteiger partial charge in [0.1, 0.15) is 5.75 Å². The Hall–Kier alpha value is -1.87. The number of nitrogens with zero attached hydrogens (tertiary/aromatic N) is 1. The second-order valence-electron chi connectivity index (χ2n) is 3.55. The summed E-state index contributed by atoms with van der Waals surface area (Å²) in [4.78, 5) is 14.8. The number of hydrogen-bond acceptors (Lipinski definition) is 3. The summed E-state index contributed by atoms with van der Waals surface area (Å²) < 4.78 is 5.51. The number of benzene rings is 1. The maximum Gasteiger partial charge on any atom is 0.229 e. The van der Waals surface area contributed by atoms with E-state index in [4.69, 9.17) is 16.3 Å². The maximum atomic E-state index is 10.8. The second kappa shape index (κ2) is 4.97. The zero-order chi connectivity index (χ0) is 12.3. The number of aryl methyl sites for hydroxylation is 1. The van der Waals surface area contributed by atoms with Crippen molar-refractivity contribution in [1.82, 2.24) is 4.98 Å². The van der Waals surface area contributed by atoms with Gasteiger partial charge >= 0.3 is 0 Å². The van der Waals surface area contributed by atoms with Crippen molar-refractivity contribution in [2.45, 2.75) is 6.92 Å². The van der Waals surface area contributed by atoms with Crippen molar-refractivity contribution in [3.05, 3.63) is 52.7 Å². The first kappa shape index (κ1) is 11.6. The fraction of sp³-hybridized carbons (Fsp3) is 0.0769. The number of ether oxygens (including phenoxy) is 1. The highest BCUT2D eigenvalue weighted by Gasteiger charge is 2.07. The number of hydrogen-bond donors (Lipinski definition) is 0. The average molecular weight is 248 g/mol. The molecule has 3 nitrogen and oxygen atoms in total. The molecule has 0 radical (unpaired) electrons. The van der Waals surface area contributed by atoms with Crippen molar-refractivity contribution in [3.63, 3.8) is 0 Å². The van der Waals surface area contributed by atoms with Crippen LogP contribution in [-0.2, 0) is 0 Å². The van der Waals surface area contributed by atoms with E-state index in [-0.39, 0.29) is 5.88 Å². The highest BCUT2D eigenvalue weighted by atomic mass is 35.5. The summed E-state index contributed by atoms with van der Waals surface area (Å²) >= 11 is 6.03. The molecule has 4 heteroatoms. The Kier molecular flexibility index (Phi) is 3.40. The SMILES string of the molecule is Cc1ccc(Oc2ncccc2C=O)c(Cl)c1. The van der Waals surface area contributed by atoms with Gasteiger partial charge in [-0.1, -0.05) is 17.7 Å². The summed E-state index contributed by atoms with van der Waals surface area (Å²) in [5.74, 6) is 0.743. The Balaban J connectivity index is 2.34. The van der Waals surface area contributed by atoms with Crippen LogP contribution in [0.15, 0.2) is 36.5 Å². The molecule has 0 aliphatic carbocycles. The fourth-order valence-electron chi connectivity index (χ4n) is 1.37. The summed E-state index contributed by atoms with van der Waals surface area (Å²) in [5.41, 5.74) is 1.43. The number of pyridine rings is 1. The molecule has 0 bridgehead atoms. The summed E-state index contributed by atoms with van der Waals surface area (Å²) in [6, 6.07) is 8.73. The smallest absolute Gasteiger partial charge is 0.229 e. The van der Waals surface area contributed by atoms with Gasteiger partial charge in [-0.15, -0.1) is 0 Å². The number of aldehydes is 1. The standard InChI is InChI=1S/C13H10ClNO2/c1-9-4-5-12(11(14)7-9)17-13-10(8-16)3-2-6-15-13/h2-8H,1H3. The van der Waals surface area contributed by atoms with Gasteiger partial charge in [-0.3, -0.25) is 4.79 Å². The predicted molar refractivity (Wildman–Crippen MR) is 65.9 cm³/mol. The largest absolute Gasteiger partial charge is 0.437 e. The maximum absolute atomic E-state index is 10.8. The molecule has 0 amide bonds. The molecule has 0 N–H and O–H groups in total. The molecule has 0 atom stereocenters. The van der Waals surface area contributed by atoms with Gasteiger partial charge in [-0.25, -0.2) is 4.98 Å². The van der Waals surface area contributed by atoms with Crippen molar-refractivity contribution >= 4 is 17.9 Å². The molecule has 17 heavy (non-hydrogen) atoms. The zero-order valence-electron chi connectivity index (χ0n) is 9.18. The van der Waals surface area contributed by atoms with Crippen molar-refractivity contribution in [1.29, 1.82) is 0 Å². The van der Waals surface area contributed by atoms with E-state index in [9.17, 15) is 4.79 Å². The molecule has 0 unspecified atom stereocenters. The quantitative estimate of drug-likeness (QED) is 0.777. The van der Waals surface area contributed by atoms with Crippen LogP contribution in [-0.4, -0.2) is 11.3 Å². The molecule has 2 aromatic rings. The third-order valence-corrected chi connectivity index (χ3v) is 2.52. The van der Waals surface area contributed by atoms with Crippen LogP contribution in [0.25, 0.3) is 0 Å². The fourth-order valence-corrected chi connectivity index (χ4v) is 1.64. The number of aromatic nitrogens is 1. The first-order valence-corrected chi connectivity index (χ1v) is 5.42. The number of rotatable bonds is 3. The van der Waals surface area contributed by atoms with Crippen molar-refractivity contribution in [2.24, 2.45) is 0 Å². The van der Waals surface area contributed by atoms with E-state index in [1.807, 2.05) is 13.0 Å².